The first kappa shape index (κ1) is 14.9. The van der Waals surface area contributed by atoms with Crippen LogP contribution in [0.5, 0.6) is 11.6 Å². The van der Waals surface area contributed by atoms with E-state index in [2.05, 4.69) is 14.5 Å². The van der Waals surface area contributed by atoms with Gasteiger partial charge < -0.3 is 14.6 Å². The van der Waals surface area contributed by atoms with E-state index in [9.17, 15) is 26.7 Å². The number of pyridine rings is 1. The lowest BCUT2D eigenvalue weighted by Crippen LogP contribution is -2.20. The van der Waals surface area contributed by atoms with E-state index < -0.39 is 41.6 Å². The summed E-state index contributed by atoms with van der Waals surface area (Å²) in [5.41, 5.74) is -2.19. The minimum absolute atomic E-state index is 0.199. The molecule has 1 rings (SSSR count). The maximum Gasteiger partial charge on any atom is 0.573 e. The molecule has 0 aromatic carbocycles. The molecule has 106 valence electrons. The molecule has 0 saturated heterocycles. The molecule has 1 heterocycles. The molecule has 0 aliphatic carbocycles. The van der Waals surface area contributed by atoms with Crippen molar-refractivity contribution in [3.63, 3.8) is 0 Å². The summed E-state index contributed by atoms with van der Waals surface area (Å²) in [4.78, 5) is 13.9. The summed E-state index contributed by atoms with van der Waals surface area (Å²) in [6.07, 6.45) is -8.46. The lowest BCUT2D eigenvalue weighted by molar-refractivity contribution is -0.274. The van der Waals surface area contributed by atoms with Crippen LogP contribution in [-0.2, 0) is 0 Å². The van der Waals surface area contributed by atoms with Crippen LogP contribution in [0.4, 0.5) is 22.0 Å². The Hall–Kier alpha value is -2.13. The SMILES string of the molecule is COc1nc(C(F)F)cc(OC(F)(F)F)c1C(=O)O. The number of hydrogen-bond acceptors (Lipinski definition) is 4. The highest BCUT2D eigenvalue weighted by Gasteiger charge is 2.35. The summed E-state index contributed by atoms with van der Waals surface area (Å²) < 4.78 is 68.9. The van der Waals surface area contributed by atoms with Crippen molar-refractivity contribution >= 4 is 5.97 Å². The topological polar surface area (TPSA) is 68.7 Å². The second-order valence-corrected chi connectivity index (χ2v) is 3.08. The lowest BCUT2D eigenvalue weighted by atomic mass is 10.2. The summed E-state index contributed by atoms with van der Waals surface area (Å²) in [5, 5.41) is 8.75. The van der Waals surface area contributed by atoms with Crippen LogP contribution in [0.2, 0.25) is 0 Å². The number of ether oxygens (including phenoxy) is 2. The van der Waals surface area contributed by atoms with Gasteiger partial charge in [0.2, 0.25) is 5.88 Å². The fraction of sp³-hybridized carbons (Fsp3) is 0.333. The molecular formula is C9H6F5NO4. The number of aromatic nitrogens is 1. The van der Waals surface area contributed by atoms with Gasteiger partial charge in [0, 0.05) is 6.07 Å². The molecule has 0 fully saturated rings. The van der Waals surface area contributed by atoms with Crippen LogP contribution in [0.3, 0.4) is 0 Å². The van der Waals surface area contributed by atoms with Gasteiger partial charge in [0.05, 0.1) is 7.11 Å². The molecule has 1 N–H and O–H groups in total. The van der Waals surface area contributed by atoms with Gasteiger partial charge in [-0.25, -0.2) is 18.6 Å². The summed E-state index contributed by atoms with van der Waals surface area (Å²) in [6, 6.07) is 0.199. The number of aromatic carboxylic acids is 1. The first-order valence-electron chi connectivity index (χ1n) is 4.51. The van der Waals surface area contributed by atoms with Gasteiger partial charge >= 0.3 is 12.3 Å². The van der Waals surface area contributed by atoms with E-state index >= 15 is 0 Å². The average Bonchev–Trinajstić information content (AvgIpc) is 2.24. The molecule has 0 amide bonds. The summed E-state index contributed by atoms with van der Waals surface area (Å²) in [5.74, 6) is -4.07. The number of methoxy groups -OCH3 is 1. The number of rotatable bonds is 4. The molecule has 1 aromatic rings. The third-order valence-electron chi connectivity index (χ3n) is 1.83. The average molecular weight is 287 g/mol. The van der Waals surface area contributed by atoms with Crippen molar-refractivity contribution in [2.45, 2.75) is 12.8 Å². The van der Waals surface area contributed by atoms with Crippen LogP contribution in [0.1, 0.15) is 22.5 Å². The van der Waals surface area contributed by atoms with Gasteiger partial charge in [0.15, 0.2) is 11.3 Å². The van der Waals surface area contributed by atoms with Crippen molar-refractivity contribution in [3.8, 4) is 11.6 Å². The molecular weight excluding hydrogens is 281 g/mol. The van der Waals surface area contributed by atoms with Crippen LogP contribution in [0.15, 0.2) is 6.07 Å². The van der Waals surface area contributed by atoms with Crippen molar-refractivity contribution in [2.24, 2.45) is 0 Å². The van der Waals surface area contributed by atoms with Crippen LogP contribution in [0, 0.1) is 0 Å². The van der Waals surface area contributed by atoms with Gasteiger partial charge in [0.1, 0.15) is 5.69 Å². The Balaban J connectivity index is 3.45. The second-order valence-electron chi connectivity index (χ2n) is 3.08. The van der Waals surface area contributed by atoms with Gasteiger partial charge in [-0.15, -0.1) is 13.2 Å². The maximum atomic E-state index is 12.4. The van der Waals surface area contributed by atoms with E-state index in [-0.39, 0.29) is 6.07 Å². The second kappa shape index (κ2) is 5.24. The molecule has 19 heavy (non-hydrogen) atoms. The van der Waals surface area contributed by atoms with Crippen molar-refractivity contribution in [2.75, 3.05) is 7.11 Å². The fourth-order valence-corrected chi connectivity index (χ4v) is 1.18. The van der Waals surface area contributed by atoms with E-state index in [1.54, 1.807) is 0 Å². The molecule has 0 aliphatic rings. The first-order chi connectivity index (χ1) is 8.65. The number of nitrogens with zero attached hydrogens (tertiary/aromatic N) is 1. The van der Waals surface area contributed by atoms with Gasteiger partial charge in [0.25, 0.3) is 6.43 Å². The van der Waals surface area contributed by atoms with Crippen molar-refractivity contribution in [1.82, 2.24) is 4.98 Å². The van der Waals surface area contributed by atoms with Crippen LogP contribution < -0.4 is 9.47 Å². The molecule has 0 atom stereocenters. The Bertz CT molecular complexity index is 488. The highest BCUT2D eigenvalue weighted by atomic mass is 19.4. The highest BCUT2D eigenvalue weighted by molar-refractivity contribution is 5.93. The molecule has 0 bridgehead atoms. The molecule has 10 heteroatoms. The number of carbonyl (C=O) groups is 1. The van der Waals surface area contributed by atoms with Crippen LogP contribution in [-0.4, -0.2) is 29.5 Å². The van der Waals surface area contributed by atoms with Gasteiger partial charge in [-0.1, -0.05) is 0 Å². The van der Waals surface area contributed by atoms with Crippen molar-refractivity contribution in [3.05, 3.63) is 17.3 Å². The Morgan fingerprint density at radius 3 is 2.37 bits per heavy atom. The quantitative estimate of drug-likeness (QED) is 0.862. The standard InChI is InChI=1S/C9H6F5NO4/c1-18-7-5(8(16)17)4(19-9(12,13)14)2-3(15-7)6(10)11/h2,6H,1H3,(H,16,17). The van der Waals surface area contributed by atoms with E-state index in [0.29, 0.717) is 0 Å². The first-order valence-corrected chi connectivity index (χ1v) is 4.51. The molecule has 5 nitrogen and oxygen atoms in total. The third-order valence-corrected chi connectivity index (χ3v) is 1.83. The van der Waals surface area contributed by atoms with Crippen molar-refractivity contribution < 1.29 is 41.3 Å². The van der Waals surface area contributed by atoms with E-state index in [1.807, 2.05) is 0 Å². The van der Waals surface area contributed by atoms with Crippen molar-refractivity contribution in [1.29, 1.82) is 0 Å². The normalized spacial score (nSPS) is 11.5. The van der Waals surface area contributed by atoms with E-state index in [4.69, 9.17) is 5.11 Å². The Labute approximate surface area is 102 Å². The number of carboxylic acids is 1. The van der Waals surface area contributed by atoms with Gasteiger partial charge in [-0.3, -0.25) is 0 Å². The smallest absolute Gasteiger partial charge is 0.480 e. The Morgan fingerprint density at radius 2 is 2.00 bits per heavy atom. The molecule has 0 spiro atoms. The minimum atomic E-state index is -5.24. The predicted octanol–water partition coefficient (Wildman–Crippen LogP) is 2.62. The highest BCUT2D eigenvalue weighted by Crippen LogP contribution is 2.34. The van der Waals surface area contributed by atoms with Crippen LogP contribution >= 0.6 is 0 Å². The van der Waals surface area contributed by atoms with Gasteiger partial charge in [-0.05, 0) is 0 Å². The zero-order valence-electron chi connectivity index (χ0n) is 9.16. The largest absolute Gasteiger partial charge is 0.573 e. The molecule has 0 saturated carbocycles. The molecule has 0 aliphatic heterocycles. The Morgan fingerprint density at radius 1 is 1.42 bits per heavy atom. The number of alkyl halides is 5. The summed E-state index contributed by atoms with van der Waals surface area (Å²) in [6.45, 7) is 0. The van der Waals surface area contributed by atoms with E-state index in [1.165, 1.54) is 0 Å². The lowest BCUT2D eigenvalue weighted by Gasteiger charge is -2.14. The van der Waals surface area contributed by atoms with Gasteiger partial charge in [-0.2, -0.15) is 0 Å². The number of hydrogen-bond donors (Lipinski definition) is 1. The molecule has 0 unspecified atom stereocenters. The Kier molecular flexibility index (Phi) is 4.12. The predicted molar refractivity (Wildman–Crippen MR) is 49.4 cm³/mol. The zero-order valence-corrected chi connectivity index (χ0v) is 9.16. The summed E-state index contributed by atoms with van der Waals surface area (Å²) >= 11 is 0. The summed E-state index contributed by atoms with van der Waals surface area (Å²) in [7, 11) is 0.876. The fourth-order valence-electron chi connectivity index (χ4n) is 1.18. The number of halogens is 5. The molecule has 0 radical (unpaired) electrons. The zero-order chi connectivity index (χ0) is 14.8. The van der Waals surface area contributed by atoms with E-state index in [0.717, 1.165) is 7.11 Å². The van der Waals surface area contributed by atoms with Crippen LogP contribution in [0.25, 0.3) is 0 Å². The minimum Gasteiger partial charge on any atom is -0.480 e. The maximum absolute atomic E-state index is 12.4. The molecule has 1 aromatic heterocycles. The number of carboxylic acid groups (broad SMARTS) is 1. The third kappa shape index (κ3) is 3.66. The monoisotopic (exact) mass is 287 g/mol.